The molecule has 86 valence electrons. The second kappa shape index (κ2) is 8.29. The van der Waals surface area contributed by atoms with Crippen molar-refractivity contribution in [3.63, 3.8) is 0 Å². The van der Waals surface area contributed by atoms with E-state index in [1.807, 2.05) is 25.4 Å². The van der Waals surface area contributed by atoms with E-state index in [9.17, 15) is 0 Å². The Kier molecular flexibility index (Phi) is 7.72. The van der Waals surface area contributed by atoms with Crippen molar-refractivity contribution in [1.82, 2.24) is 0 Å². The standard InChI is InChI=1S/C8H12N2OS.C3H8/c1-3-7(10-11)8-4-6(9-2)5-12-8;1-3-2/h4-5,9,11H,3H2,1-2H3;3H2,1-2H3/b10-7-;. The molecule has 0 fully saturated rings. The quantitative estimate of drug-likeness (QED) is 0.469. The van der Waals surface area contributed by atoms with Crippen LogP contribution in [0.2, 0.25) is 0 Å². The van der Waals surface area contributed by atoms with Crippen LogP contribution in [0.5, 0.6) is 0 Å². The summed E-state index contributed by atoms with van der Waals surface area (Å²) in [6.07, 6.45) is 2.00. The Hall–Kier alpha value is -1.03. The van der Waals surface area contributed by atoms with E-state index in [1.165, 1.54) is 6.42 Å². The fourth-order valence-electron chi connectivity index (χ4n) is 0.913. The molecule has 0 amide bonds. The van der Waals surface area contributed by atoms with E-state index in [1.54, 1.807) is 11.3 Å². The minimum Gasteiger partial charge on any atom is -0.411 e. The molecule has 0 spiro atoms. The lowest BCUT2D eigenvalue weighted by Crippen LogP contribution is -1.94. The molecule has 0 unspecified atom stereocenters. The molecule has 0 aromatic carbocycles. The number of thiophene rings is 1. The average Bonchev–Trinajstić information content (AvgIpc) is 2.70. The van der Waals surface area contributed by atoms with Crippen LogP contribution in [0.25, 0.3) is 0 Å². The van der Waals surface area contributed by atoms with Gasteiger partial charge in [0.1, 0.15) is 0 Å². The maximum atomic E-state index is 8.64. The summed E-state index contributed by atoms with van der Waals surface area (Å²) in [6, 6.07) is 1.98. The van der Waals surface area contributed by atoms with E-state index >= 15 is 0 Å². The Bertz CT molecular complexity index is 295. The van der Waals surface area contributed by atoms with E-state index in [2.05, 4.69) is 24.3 Å². The molecule has 1 heterocycles. The summed E-state index contributed by atoms with van der Waals surface area (Å²) in [4.78, 5) is 1.02. The monoisotopic (exact) mass is 228 g/mol. The first kappa shape index (κ1) is 14.0. The molecule has 2 N–H and O–H groups in total. The van der Waals surface area contributed by atoms with Crippen molar-refractivity contribution < 1.29 is 5.21 Å². The molecule has 1 aromatic heterocycles. The highest BCUT2D eigenvalue weighted by Crippen LogP contribution is 2.20. The first-order valence-corrected chi connectivity index (χ1v) is 6.08. The van der Waals surface area contributed by atoms with Gasteiger partial charge in [0.05, 0.1) is 10.6 Å². The summed E-state index contributed by atoms with van der Waals surface area (Å²) in [5.74, 6) is 0. The van der Waals surface area contributed by atoms with Crippen molar-refractivity contribution in [2.75, 3.05) is 12.4 Å². The zero-order valence-corrected chi connectivity index (χ0v) is 10.7. The van der Waals surface area contributed by atoms with Gasteiger partial charge in [-0.05, 0) is 12.5 Å². The van der Waals surface area contributed by atoms with Crippen LogP contribution in [-0.2, 0) is 0 Å². The highest BCUT2D eigenvalue weighted by Gasteiger charge is 2.04. The number of hydrogen-bond acceptors (Lipinski definition) is 4. The predicted molar refractivity (Wildman–Crippen MR) is 68.4 cm³/mol. The van der Waals surface area contributed by atoms with Crippen molar-refractivity contribution in [3.05, 3.63) is 16.3 Å². The lowest BCUT2D eigenvalue weighted by atomic mass is 10.2. The van der Waals surface area contributed by atoms with Crippen LogP contribution in [0, 0.1) is 0 Å². The molecule has 1 rings (SSSR count). The number of nitrogens with one attached hydrogen (secondary N) is 1. The van der Waals surface area contributed by atoms with Crippen molar-refractivity contribution in [1.29, 1.82) is 0 Å². The molecule has 0 radical (unpaired) electrons. The molecule has 0 saturated carbocycles. The molecule has 3 nitrogen and oxygen atoms in total. The number of anilines is 1. The summed E-state index contributed by atoms with van der Waals surface area (Å²) in [5.41, 5.74) is 1.80. The largest absolute Gasteiger partial charge is 0.411 e. The van der Waals surface area contributed by atoms with Crippen LogP contribution in [0.15, 0.2) is 16.6 Å². The highest BCUT2D eigenvalue weighted by atomic mass is 32.1. The molecule has 0 aliphatic heterocycles. The summed E-state index contributed by atoms with van der Waals surface area (Å²) in [5, 5.41) is 16.9. The van der Waals surface area contributed by atoms with Gasteiger partial charge >= 0.3 is 0 Å². The van der Waals surface area contributed by atoms with Crippen LogP contribution in [0.1, 0.15) is 38.5 Å². The van der Waals surface area contributed by atoms with Crippen LogP contribution >= 0.6 is 11.3 Å². The lowest BCUT2D eigenvalue weighted by Gasteiger charge is -1.94. The SMILES string of the molecule is CC/C(=N/O)c1cc(NC)cs1.CCC. The highest BCUT2D eigenvalue weighted by molar-refractivity contribution is 7.12. The second-order valence-corrected chi connectivity index (χ2v) is 3.97. The molecule has 0 bridgehead atoms. The number of rotatable bonds is 3. The maximum Gasteiger partial charge on any atom is 0.0965 e. The number of nitrogens with zero attached hydrogens (tertiary/aromatic N) is 1. The van der Waals surface area contributed by atoms with Crippen LogP contribution in [-0.4, -0.2) is 18.0 Å². The first-order chi connectivity index (χ1) is 7.23. The summed E-state index contributed by atoms with van der Waals surface area (Å²) < 4.78 is 0. The van der Waals surface area contributed by atoms with E-state index in [-0.39, 0.29) is 0 Å². The molecular formula is C11H20N2OS. The molecule has 1 aromatic rings. The Labute approximate surface area is 95.8 Å². The van der Waals surface area contributed by atoms with Crippen LogP contribution in [0.4, 0.5) is 5.69 Å². The van der Waals surface area contributed by atoms with Gasteiger partial charge in [0.15, 0.2) is 0 Å². The molecule has 0 saturated heterocycles. The lowest BCUT2D eigenvalue weighted by molar-refractivity contribution is 0.318. The topological polar surface area (TPSA) is 44.6 Å². The van der Waals surface area contributed by atoms with E-state index in [4.69, 9.17) is 5.21 Å². The maximum absolute atomic E-state index is 8.64. The van der Waals surface area contributed by atoms with Gasteiger partial charge in [0, 0.05) is 18.1 Å². The van der Waals surface area contributed by atoms with Gasteiger partial charge in [0.2, 0.25) is 0 Å². The van der Waals surface area contributed by atoms with Crippen molar-refractivity contribution >= 4 is 22.7 Å². The van der Waals surface area contributed by atoms with Crippen molar-refractivity contribution in [3.8, 4) is 0 Å². The fourth-order valence-corrected chi connectivity index (χ4v) is 1.87. The van der Waals surface area contributed by atoms with Crippen molar-refractivity contribution in [2.24, 2.45) is 5.16 Å². The Balaban J connectivity index is 0.000000583. The molecular weight excluding hydrogens is 208 g/mol. The summed E-state index contributed by atoms with van der Waals surface area (Å²) in [7, 11) is 1.87. The normalized spacial score (nSPS) is 10.5. The van der Waals surface area contributed by atoms with Gasteiger partial charge in [-0.1, -0.05) is 32.3 Å². The predicted octanol–water partition coefficient (Wildman–Crippen LogP) is 3.79. The smallest absolute Gasteiger partial charge is 0.0965 e. The van der Waals surface area contributed by atoms with Crippen LogP contribution in [0.3, 0.4) is 0 Å². The van der Waals surface area contributed by atoms with Gasteiger partial charge in [-0.25, -0.2) is 0 Å². The summed E-state index contributed by atoms with van der Waals surface area (Å²) >= 11 is 1.58. The molecule has 4 heteroatoms. The van der Waals surface area contributed by atoms with Gasteiger partial charge in [-0.2, -0.15) is 0 Å². The molecule has 0 aliphatic rings. The third-order valence-electron chi connectivity index (χ3n) is 1.63. The second-order valence-electron chi connectivity index (χ2n) is 3.06. The molecule has 15 heavy (non-hydrogen) atoms. The third-order valence-corrected chi connectivity index (χ3v) is 2.61. The Morgan fingerprint density at radius 1 is 1.47 bits per heavy atom. The van der Waals surface area contributed by atoms with E-state index in [0.29, 0.717) is 0 Å². The van der Waals surface area contributed by atoms with E-state index < -0.39 is 0 Å². The van der Waals surface area contributed by atoms with Gasteiger partial charge in [-0.3, -0.25) is 0 Å². The Morgan fingerprint density at radius 2 is 2.07 bits per heavy atom. The third kappa shape index (κ3) is 4.83. The van der Waals surface area contributed by atoms with Gasteiger partial charge in [0.25, 0.3) is 0 Å². The first-order valence-electron chi connectivity index (χ1n) is 5.20. The average molecular weight is 228 g/mol. The fraction of sp³-hybridized carbons (Fsp3) is 0.545. The zero-order valence-electron chi connectivity index (χ0n) is 9.87. The summed E-state index contributed by atoms with van der Waals surface area (Å²) in [6.45, 7) is 6.22. The molecule has 0 atom stereocenters. The van der Waals surface area contributed by atoms with Crippen molar-refractivity contribution in [2.45, 2.75) is 33.6 Å². The Morgan fingerprint density at radius 3 is 2.40 bits per heavy atom. The van der Waals surface area contributed by atoms with Gasteiger partial charge < -0.3 is 10.5 Å². The molecule has 0 aliphatic carbocycles. The van der Waals surface area contributed by atoms with E-state index in [0.717, 1.165) is 22.7 Å². The minimum atomic E-state index is 0.738. The van der Waals surface area contributed by atoms with Crippen LogP contribution < -0.4 is 5.32 Å². The zero-order chi connectivity index (χ0) is 11.7. The minimum absolute atomic E-state index is 0.738. The van der Waals surface area contributed by atoms with Gasteiger partial charge in [-0.15, -0.1) is 11.3 Å². The number of oxime groups is 1. The number of hydrogen-bond donors (Lipinski definition) is 2.